The van der Waals surface area contributed by atoms with Gasteiger partial charge in [-0.05, 0) is 24.3 Å². The first-order chi connectivity index (χ1) is 9.54. The summed E-state index contributed by atoms with van der Waals surface area (Å²) < 4.78 is 18.2. The average Bonchev–Trinajstić information content (AvgIpc) is 2.72. The highest BCUT2D eigenvalue weighted by Gasteiger charge is 2.32. The van der Waals surface area contributed by atoms with Crippen molar-refractivity contribution in [3.05, 3.63) is 30.1 Å². The molecule has 1 heterocycles. The second-order valence-electron chi connectivity index (χ2n) is 4.99. The molecular weight excluding hydrogens is 265 g/mol. The maximum Gasteiger partial charge on any atom is 0.303 e. The first kappa shape index (κ1) is 14.7. The van der Waals surface area contributed by atoms with Crippen molar-refractivity contribution in [2.24, 2.45) is 5.92 Å². The first-order valence-electron chi connectivity index (χ1n) is 6.55. The van der Waals surface area contributed by atoms with Gasteiger partial charge in [0.1, 0.15) is 18.2 Å². The van der Waals surface area contributed by atoms with Gasteiger partial charge >= 0.3 is 5.97 Å². The lowest BCUT2D eigenvalue weighted by Gasteiger charge is -2.15. The summed E-state index contributed by atoms with van der Waals surface area (Å²) in [6.07, 6.45) is -0.617. The molecule has 1 fully saturated rings. The van der Waals surface area contributed by atoms with Crippen LogP contribution in [-0.4, -0.2) is 53.4 Å². The molecule has 1 aliphatic rings. The Kier molecular flexibility index (Phi) is 4.92. The summed E-state index contributed by atoms with van der Waals surface area (Å²) in [6, 6.07) is 5.78. The van der Waals surface area contributed by atoms with E-state index in [-0.39, 0.29) is 18.2 Å². The zero-order valence-electron chi connectivity index (χ0n) is 11.0. The second kappa shape index (κ2) is 6.67. The molecule has 0 saturated carbocycles. The van der Waals surface area contributed by atoms with Crippen LogP contribution in [0.3, 0.4) is 0 Å². The molecule has 1 aromatic carbocycles. The lowest BCUT2D eigenvalue weighted by atomic mass is 10.0. The van der Waals surface area contributed by atoms with E-state index in [0.29, 0.717) is 32.0 Å². The predicted molar refractivity (Wildman–Crippen MR) is 70.1 cm³/mol. The van der Waals surface area contributed by atoms with Gasteiger partial charge in [0.05, 0.1) is 12.5 Å². The number of aliphatic carboxylic acids is 1. The number of ether oxygens (including phenoxy) is 1. The summed E-state index contributed by atoms with van der Waals surface area (Å²) in [5.41, 5.74) is 0. The lowest BCUT2D eigenvalue weighted by molar-refractivity contribution is -0.138. The maximum absolute atomic E-state index is 12.7. The molecule has 2 N–H and O–H groups in total. The highest BCUT2D eigenvalue weighted by Crippen LogP contribution is 2.20. The van der Waals surface area contributed by atoms with Gasteiger partial charge in [0.15, 0.2) is 0 Å². The van der Waals surface area contributed by atoms with E-state index < -0.39 is 12.1 Å². The number of halogens is 1. The number of carboxylic acids is 1. The highest BCUT2D eigenvalue weighted by molar-refractivity contribution is 5.67. The molecule has 0 unspecified atom stereocenters. The summed E-state index contributed by atoms with van der Waals surface area (Å²) in [5.74, 6) is -0.832. The van der Waals surface area contributed by atoms with Crippen LogP contribution in [0.25, 0.3) is 0 Å². The van der Waals surface area contributed by atoms with Crippen LogP contribution < -0.4 is 4.74 Å². The zero-order chi connectivity index (χ0) is 14.5. The molecule has 1 saturated heterocycles. The Labute approximate surface area is 116 Å². The largest absolute Gasteiger partial charge is 0.492 e. The van der Waals surface area contributed by atoms with Gasteiger partial charge in [-0.3, -0.25) is 9.69 Å². The summed E-state index contributed by atoms with van der Waals surface area (Å²) in [6.45, 7) is 2.04. The van der Waals surface area contributed by atoms with Crippen LogP contribution in [0.15, 0.2) is 24.3 Å². The molecule has 2 atom stereocenters. The van der Waals surface area contributed by atoms with Gasteiger partial charge < -0.3 is 14.9 Å². The molecule has 0 radical (unpaired) electrons. The van der Waals surface area contributed by atoms with E-state index in [0.717, 1.165) is 0 Å². The fourth-order valence-electron chi connectivity index (χ4n) is 2.37. The van der Waals surface area contributed by atoms with Gasteiger partial charge in [0.2, 0.25) is 0 Å². The van der Waals surface area contributed by atoms with Gasteiger partial charge in [0, 0.05) is 25.6 Å². The van der Waals surface area contributed by atoms with Crippen LogP contribution in [0, 0.1) is 11.7 Å². The molecule has 110 valence electrons. The van der Waals surface area contributed by atoms with Crippen LogP contribution in [0.1, 0.15) is 6.42 Å². The molecular formula is C14H18FNO4. The van der Waals surface area contributed by atoms with Crippen LogP contribution in [-0.2, 0) is 4.79 Å². The monoisotopic (exact) mass is 283 g/mol. The van der Waals surface area contributed by atoms with Crippen molar-refractivity contribution in [3.8, 4) is 5.75 Å². The number of hydrogen-bond donors (Lipinski definition) is 2. The normalized spacial score (nSPS) is 22.9. The highest BCUT2D eigenvalue weighted by atomic mass is 19.1. The molecule has 1 aliphatic heterocycles. The Morgan fingerprint density at radius 1 is 1.35 bits per heavy atom. The van der Waals surface area contributed by atoms with E-state index in [2.05, 4.69) is 0 Å². The van der Waals surface area contributed by atoms with Crippen LogP contribution >= 0.6 is 0 Å². The fraction of sp³-hybridized carbons (Fsp3) is 0.500. The Morgan fingerprint density at radius 2 is 2.05 bits per heavy atom. The second-order valence-corrected chi connectivity index (χ2v) is 4.99. The number of rotatable bonds is 6. The summed E-state index contributed by atoms with van der Waals surface area (Å²) in [4.78, 5) is 12.6. The van der Waals surface area contributed by atoms with Crippen LogP contribution in [0.5, 0.6) is 5.75 Å². The Bertz CT molecular complexity index is 451. The van der Waals surface area contributed by atoms with Crippen molar-refractivity contribution >= 4 is 5.97 Å². The number of nitrogens with zero attached hydrogens (tertiary/aromatic N) is 1. The molecule has 2 rings (SSSR count). The SMILES string of the molecule is O=C(O)C[C@@H]1CN(CCOc2ccc(F)cc2)C[C@H]1O. The van der Waals surface area contributed by atoms with Crippen molar-refractivity contribution in [1.29, 1.82) is 0 Å². The standard InChI is InChI=1S/C14H18FNO4/c15-11-1-3-12(4-2-11)20-6-5-16-8-10(7-14(18)19)13(17)9-16/h1-4,10,13,17H,5-9H2,(H,18,19)/t10-,13-/m1/s1. The smallest absolute Gasteiger partial charge is 0.303 e. The van der Waals surface area contributed by atoms with E-state index in [1.807, 2.05) is 4.90 Å². The van der Waals surface area contributed by atoms with E-state index >= 15 is 0 Å². The van der Waals surface area contributed by atoms with Crippen molar-refractivity contribution in [1.82, 2.24) is 4.90 Å². The molecule has 0 aromatic heterocycles. The number of carbonyl (C=O) groups is 1. The molecule has 0 aliphatic carbocycles. The number of aliphatic hydroxyl groups excluding tert-OH is 1. The summed E-state index contributed by atoms with van der Waals surface area (Å²) >= 11 is 0. The first-order valence-corrected chi connectivity index (χ1v) is 6.55. The number of β-amino-alcohol motifs (C(OH)–C–C–N with tert-alkyl or cyclic N) is 1. The number of aliphatic hydroxyl groups is 1. The Morgan fingerprint density at radius 3 is 2.70 bits per heavy atom. The van der Waals surface area contributed by atoms with E-state index in [1.165, 1.54) is 12.1 Å². The van der Waals surface area contributed by atoms with Crippen LogP contribution in [0.4, 0.5) is 4.39 Å². The number of benzene rings is 1. The summed E-state index contributed by atoms with van der Waals surface area (Å²) in [7, 11) is 0. The average molecular weight is 283 g/mol. The minimum atomic E-state index is -0.890. The topological polar surface area (TPSA) is 70.0 Å². The van der Waals surface area contributed by atoms with E-state index in [1.54, 1.807) is 12.1 Å². The van der Waals surface area contributed by atoms with Crippen LogP contribution in [0.2, 0.25) is 0 Å². The fourth-order valence-corrected chi connectivity index (χ4v) is 2.37. The number of likely N-dealkylation sites (tertiary alicyclic amines) is 1. The minimum absolute atomic E-state index is 0.0174. The van der Waals surface area contributed by atoms with Gasteiger partial charge in [-0.2, -0.15) is 0 Å². The Balaban J connectivity index is 1.72. The predicted octanol–water partition coefficient (Wildman–Crippen LogP) is 0.972. The molecule has 0 bridgehead atoms. The molecule has 5 nitrogen and oxygen atoms in total. The Hall–Kier alpha value is -1.66. The van der Waals surface area contributed by atoms with Gasteiger partial charge in [-0.1, -0.05) is 0 Å². The third-order valence-corrected chi connectivity index (χ3v) is 3.41. The third kappa shape index (κ3) is 4.18. The van der Waals surface area contributed by atoms with Crippen molar-refractivity contribution in [2.45, 2.75) is 12.5 Å². The zero-order valence-corrected chi connectivity index (χ0v) is 11.0. The molecule has 0 spiro atoms. The van der Waals surface area contributed by atoms with E-state index in [4.69, 9.17) is 9.84 Å². The minimum Gasteiger partial charge on any atom is -0.492 e. The van der Waals surface area contributed by atoms with E-state index in [9.17, 15) is 14.3 Å². The van der Waals surface area contributed by atoms with Crippen molar-refractivity contribution in [2.75, 3.05) is 26.2 Å². The van der Waals surface area contributed by atoms with Gasteiger partial charge in [0.25, 0.3) is 0 Å². The van der Waals surface area contributed by atoms with Crippen molar-refractivity contribution in [3.63, 3.8) is 0 Å². The summed E-state index contributed by atoms with van der Waals surface area (Å²) in [5, 5.41) is 18.5. The van der Waals surface area contributed by atoms with Crippen molar-refractivity contribution < 1.29 is 24.1 Å². The van der Waals surface area contributed by atoms with Gasteiger partial charge in [-0.25, -0.2) is 4.39 Å². The molecule has 6 heteroatoms. The third-order valence-electron chi connectivity index (χ3n) is 3.41. The lowest BCUT2D eigenvalue weighted by Crippen LogP contribution is -2.27. The number of carboxylic acid groups (broad SMARTS) is 1. The molecule has 1 aromatic rings. The molecule has 20 heavy (non-hydrogen) atoms. The maximum atomic E-state index is 12.7. The number of hydrogen-bond acceptors (Lipinski definition) is 4. The quantitative estimate of drug-likeness (QED) is 0.814. The molecule has 0 amide bonds. The van der Waals surface area contributed by atoms with Gasteiger partial charge in [-0.15, -0.1) is 0 Å².